The van der Waals surface area contributed by atoms with Crippen LogP contribution in [0.3, 0.4) is 0 Å². The van der Waals surface area contributed by atoms with Gasteiger partial charge in [0.2, 0.25) is 5.91 Å². The highest BCUT2D eigenvalue weighted by Crippen LogP contribution is 2.40. The van der Waals surface area contributed by atoms with Gasteiger partial charge in [-0.05, 0) is 50.6 Å². The molecule has 1 aliphatic carbocycles. The zero-order valence-electron chi connectivity index (χ0n) is 11.6. The van der Waals surface area contributed by atoms with Crippen LogP contribution in [0.15, 0.2) is 0 Å². The van der Waals surface area contributed by atoms with Crippen LogP contribution in [-0.2, 0) is 4.79 Å². The van der Waals surface area contributed by atoms with Gasteiger partial charge < -0.3 is 10.2 Å². The number of carbonyl (C=O) groups excluding carboxylic acids is 1. The second-order valence-electron chi connectivity index (χ2n) is 6.82. The molecule has 18 heavy (non-hydrogen) atoms. The number of amides is 1. The Bertz CT molecular complexity index is 310. The van der Waals surface area contributed by atoms with E-state index in [-0.39, 0.29) is 5.41 Å². The SMILES string of the molecule is CC1(C(=O)N2CCC(C3CNC3)CC2)CCCC1. The number of hydrogen-bond donors (Lipinski definition) is 1. The summed E-state index contributed by atoms with van der Waals surface area (Å²) >= 11 is 0. The Labute approximate surface area is 110 Å². The Balaban J connectivity index is 1.54. The van der Waals surface area contributed by atoms with Gasteiger partial charge in [0, 0.05) is 18.5 Å². The molecule has 0 spiro atoms. The van der Waals surface area contributed by atoms with Crippen molar-refractivity contribution in [3.63, 3.8) is 0 Å². The minimum atomic E-state index is -0.0230. The molecule has 102 valence electrons. The van der Waals surface area contributed by atoms with E-state index >= 15 is 0 Å². The van der Waals surface area contributed by atoms with Crippen molar-refractivity contribution in [2.75, 3.05) is 26.2 Å². The highest BCUT2D eigenvalue weighted by molar-refractivity contribution is 5.82. The number of nitrogens with one attached hydrogen (secondary N) is 1. The van der Waals surface area contributed by atoms with Crippen LogP contribution >= 0.6 is 0 Å². The predicted molar refractivity (Wildman–Crippen MR) is 72.2 cm³/mol. The molecule has 0 aromatic rings. The summed E-state index contributed by atoms with van der Waals surface area (Å²) in [6, 6.07) is 0. The van der Waals surface area contributed by atoms with Crippen molar-refractivity contribution in [2.24, 2.45) is 17.3 Å². The number of likely N-dealkylation sites (tertiary alicyclic amines) is 1. The van der Waals surface area contributed by atoms with Gasteiger partial charge in [-0.1, -0.05) is 19.8 Å². The third-order valence-corrected chi connectivity index (χ3v) is 5.53. The molecule has 1 saturated carbocycles. The maximum atomic E-state index is 12.6. The van der Waals surface area contributed by atoms with Gasteiger partial charge in [-0.15, -0.1) is 0 Å². The first-order chi connectivity index (χ1) is 8.69. The molecule has 3 rings (SSSR count). The summed E-state index contributed by atoms with van der Waals surface area (Å²) in [4.78, 5) is 14.8. The molecular weight excluding hydrogens is 224 g/mol. The molecular formula is C15H26N2O. The molecule has 0 aromatic carbocycles. The van der Waals surface area contributed by atoms with E-state index in [0.29, 0.717) is 5.91 Å². The molecule has 3 fully saturated rings. The molecule has 1 amide bonds. The van der Waals surface area contributed by atoms with Gasteiger partial charge in [0.05, 0.1) is 0 Å². The summed E-state index contributed by atoms with van der Waals surface area (Å²) in [7, 11) is 0. The minimum absolute atomic E-state index is 0.0230. The second-order valence-corrected chi connectivity index (χ2v) is 6.82. The van der Waals surface area contributed by atoms with Gasteiger partial charge in [-0.2, -0.15) is 0 Å². The Morgan fingerprint density at radius 3 is 2.22 bits per heavy atom. The predicted octanol–water partition coefficient (Wildman–Crippen LogP) is 2.02. The monoisotopic (exact) mass is 250 g/mol. The third kappa shape index (κ3) is 2.18. The minimum Gasteiger partial charge on any atom is -0.342 e. The highest BCUT2D eigenvalue weighted by atomic mass is 16.2. The van der Waals surface area contributed by atoms with Crippen LogP contribution in [0, 0.1) is 17.3 Å². The van der Waals surface area contributed by atoms with Crippen LogP contribution in [-0.4, -0.2) is 37.0 Å². The molecule has 0 unspecified atom stereocenters. The fourth-order valence-corrected chi connectivity index (χ4v) is 3.97. The Kier molecular flexibility index (Phi) is 3.35. The van der Waals surface area contributed by atoms with Crippen LogP contribution in [0.4, 0.5) is 0 Å². The summed E-state index contributed by atoms with van der Waals surface area (Å²) < 4.78 is 0. The van der Waals surface area contributed by atoms with Crippen LogP contribution in [0.25, 0.3) is 0 Å². The molecule has 2 saturated heterocycles. The average Bonchev–Trinajstić information content (AvgIpc) is 2.75. The summed E-state index contributed by atoms with van der Waals surface area (Å²) in [5.41, 5.74) is -0.0230. The quantitative estimate of drug-likeness (QED) is 0.813. The molecule has 0 bridgehead atoms. The van der Waals surface area contributed by atoms with Gasteiger partial charge in [0.1, 0.15) is 0 Å². The molecule has 3 aliphatic rings. The molecule has 0 atom stereocenters. The lowest BCUT2D eigenvalue weighted by Gasteiger charge is -2.42. The number of carbonyl (C=O) groups is 1. The first-order valence-electron chi connectivity index (χ1n) is 7.69. The summed E-state index contributed by atoms with van der Waals surface area (Å²) in [5, 5.41) is 3.36. The Morgan fingerprint density at radius 1 is 1.11 bits per heavy atom. The first-order valence-corrected chi connectivity index (χ1v) is 7.69. The maximum absolute atomic E-state index is 12.6. The normalized spacial score (nSPS) is 29.3. The van der Waals surface area contributed by atoms with Crippen molar-refractivity contribution < 1.29 is 4.79 Å². The van der Waals surface area contributed by atoms with Crippen LogP contribution < -0.4 is 5.32 Å². The topological polar surface area (TPSA) is 32.3 Å². The van der Waals surface area contributed by atoms with E-state index in [1.807, 2.05) is 0 Å². The lowest BCUT2D eigenvalue weighted by Crippen LogP contribution is -2.51. The Morgan fingerprint density at radius 2 is 1.72 bits per heavy atom. The maximum Gasteiger partial charge on any atom is 0.228 e. The van der Waals surface area contributed by atoms with E-state index < -0.39 is 0 Å². The van der Waals surface area contributed by atoms with Crippen molar-refractivity contribution in [1.82, 2.24) is 10.2 Å². The van der Waals surface area contributed by atoms with Crippen molar-refractivity contribution in [2.45, 2.75) is 45.4 Å². The molecule has 3 heteroatoms. The van der Waals surface area contributed by atoms with Gasteiger partial charge in [-0.3, -0.25) is 4.79 Å². The number of nitrogens with zero attached hydrogens (tertiary/aromatic N) is 1. The molecule has 3 nitrogen and oxygen atoms in total. The summed E-state index contributed by atoms with van der Waals surface area (Å²) in [6.45, 7) is 6.61. The highest BCUT2D eigenvalue weighted by Gasteiger charge is 2.40. The van der Waals surface area contributed by atoms with Gasteiger partial charge in [-0.25, -0.2) is 0 Å². The lowest BCUT2D eigenvalue weighted by atomic mass is 9.79. The lowest BCUT2D eigenvalue weighted by molar-refractivity contribution is -0.142. The van der Waals surface area contributed by atoms with Crippen LogP contribution in [0.5, 0.6) is 0 Å². The fraction of sp³-hybridized carbons (Fsp3) is 0.933. The van der Waals surface area contributed by atoms with Crippen LogP contribution in [0.1, 0.15) is 45.4 Å². The molecule has 2 aliphatic heterocycles. The van der Waals surface area contributed by atoms with Crippen molar-refractivity contribution >= 4 is 5.91 Å². The largest absolute Gasteiger partial charge is 0.342 e. The fourth-order valence-electron chi connectivity index (χ4n) is 3.97. The van der Waals surface area contributed by atoms with Gasteiger partial charge >= 0.3 is 0 Å². The standard InChI is InChI=1S/C15H26N2O/c1-15(6-2-3-7-15)14(18)17-8-4-12(5-9-17)13-10-16-11-13/h12-13,16H,2-11H2,1H3. The van der Waals surface area contributed by atoms with E-state index in [9.17, 15) is 4.79 Å². The van der Waals surface area contributed by atoms with E-state index in [1.54, 1.807) is 0 Å². The summed E-state index contributed by atoms with van der Waals surface area (Å²) in [6.07, 6.45) is 7.16. The number of hydrogen-bond acceptors (Lipinski definition) is 2. The second kappa shape index (κ2) is 4.84. The summed E-state index contributed by atoms with van der Waals surface area (Å²) in [5.74, 6) is 2.21. The first kappa shape index (κ1) is 12.5. The van der Waals surface area contributed by atoms with E-state index in [0.717, 1.165) is 37.8 Å². The van der Waals surface area contributed by atoms with Gasteiger partial charge in [0.15, 0.2) is 0 Å². The Hall–Kier alpha value is -0.570. The van der Waals surface area contributed by atoms with E-state index in [2.05, 4.69) is 17.1 Å². The average molecular weight is 250 g/mol. The molecule has 0 aromatic heterocycles. The van der Waals surface area contributed by atoms with Crippen molar-refractivity contribution in [3.05, 3.63) is 0 Å². The number of piperidine rings is 1. The molecule has 1 N–H and O–H groups in total. The van der Waals surface area contributed by atoms with Gasteiger partial charge in [0.25, 0.3) is 0 Å². The zero-order valence-corrected chi connectivity index (χ0v) is 11.6. The molecule has 2 heterocycles. The van der Waals surface area contributed by atoms with Crippen molar-refractivity contribution in [1.29, 1.82) is 0 Å². The van der Waals surface area contributed by atoms with E-state index in [1.165, 1.54) is 38.8 Å². The number of rotatable bonds is 2. The van der Waals surface area contributed by atoms with E-state index in [4.69, 9.17) is 0 Å². The smallest absolute Gasteiger partial charge is 0.228 e. The zero-order chi connectivity index (χ0) is 12.6. The third-order valence-electron chi connectivity index (χ3n) is 5.53. The van der Waals surface area contributed by atoms with Crippen LogP contribution in [0.2, 0.25) is 0 Å². The van der Waals surface area contributed by atoms with Crippen molar-refractivity contribution in [3.8, 4) is 0 Å². The molecule has 0 radical (unpaired) electrons.